The van der Waals surface area contributed by atoms with Crippen LogP contribution in [0, 0.1) is 0 Å². The van der Waals surface area contributed by atoms with Crippen LogP contribution >= 0.6 is 31.9 Å². The van der Waals surface area contributed by atoms with E-state index in [2.05, 4.69) is 31.9 Å². The monoisotopic (exact) mass is 388 g/mol. The quantitative estimate of drug-likeness (QED) is 0.521. The highest BCUT2D eigenvalue weighted by molar-refractivity contribution is 9.11. The first kappa shape index (κ1) is 13.5. The summed E-state index contributed by atoms with van der Waals surface area (Å²) in [6.07, 6.45) is 0. The van der Waals surface area contributed by atoms with E-state index in [1.54, 1.807) is 0 Å². The molecule has 0 N–H and O–H groups in total. The molecule has 0 saturated heterocycles. The van der Waals surface area contributed by atoms with Crippen molar-refractivity contribution in [2.24, 2.45) is 0 Å². The fourth-order valence-corrected chi connectivity index (χ4v) is 3.19. The number of hydrogen-bond acceptors (Lipinski definition) is 1. The van der Waals surface area contributed by atoms with Gasteiger partial charge in [-0.25, -0.2) is 0 Å². The number of halogens is 2. The van der Waals surface area contributed by atoms with Crippen molar-refractivity contribution in [1.82, 2.24) is 0 Å². The van der Waals surface area contributed by atoms with E-state index >= 15 is 0 Å². The lowest BCUT2D eigenvalue weighted by atomic mass is 9.97. The first-order valence-electron chi connectivity index (χ1n) is 6.15. The molecule has 0 aliphatic carbocycles. The van der Waals surface area contributed by atoms with Crippen LogP contribution in [-0.2, 0) is 0 Å². The van der Waals surface area contributed by atoms with Crippen LogP contribution in [0.25, 0.3) is 10.8 Å². The highest BCUT2D eigenvalue weighted by Gasteiger charge is 2.15. The van der Waals surface area contributed by atoms with Crippen molar-refractivity contribution in [3.05, 3.63) is 80.7 Å². The highest BCUT2D eigenvalue weighted by atomic mass is 79.9. The van der Waals surface area contributed by atoms with E-state index in [4.69, 9.17) is 0 Å². The maximum Gasteiger partial charge on any atom is 0.194 e. The fraction of sp³-hybridized carbons (Fsp3) is 0. The van der Waals surface area contributed by atoms with E-state index in [9.17, 15) is 4.79 Å². The predicted molar refractivity (Wildman–Crippen MR) is 89.2 cm³/mol. The molecule has 3 aromatic carbocycles. The third-order valence-corrected chi connectivity index (χ3v) is 4.62. The van der Waals surface area contributed by atoms with Gasteiger partial charge in [-0.1, -0.05) is 68.3 Å². The first-order valence-corrected chi connectivity index (χ1v) is 7.73. The summed E-state index contributed by atoms with van der Waals surface area (Å²) in [5, 5.41) is 2.01. The van der Waals surface area contributed by atoms with Crippen LogP contribution in [0.1, 0.15) is 15.9 Å². The van der Waals surface area contributed by atoms with Gasteiger partial charge in [-0.05, 0) is 35.0 Å². The van der Waals surface area contributed by atoms with Crippen molar-refractivity contribution in [2.45, 2.75) is 0 Å². The van der Waals surface area contributed by atoms with Crippen molar-refractivity contribution in [2.75, 3.05) is 0 Å². The van der Waals surface area contributed by atoms with Gasteiger partial charge in [0.2, 0.25) is 0 Å². The van der Waals surface area contributed by atoms with Crippen molar-refractivity contribution in [1.29, 1.82) is 0 Å². The third kappa shape index (κ3) is 2.32. The van der Waals surface area contributed by atoms with Gasteiger partial charge in [0.1, 0.15) is 0 Å². The zero-order chi connectivity index (χ0) is 14.1. The molecule has 0 atom stereocenters. The summed E-state index contributed by atoms with van der Waals surface area (Å²) in [4.78, 5) is 12.7. The normalized spacial score (nSPS) is 10.7. The van der Waals surface area contributed by atoms with Crippen LogP contribution in [0.3, 0.4) is 0 Å². The number of fused-ring (bicyclic) bond motifs is 1. The number of benzene rings is 3. The smallest absolute Gasteiger partial charge is 0.194 e. The van der Waals surface area contributed by atoms with Gasteiger partial charge in [-0.15, -0.1) is 0 Å². The highest BCUT2D eigenvalue weighted by Crippen LogP contribution is 2.29. The van der Waals surface area contributed by atoms with Crippen LogP contribution in [-0.4, -0.2) is 5.78 Å². The summed E-state index contributed by atoms with van der Waals surface area (Å²) in [5.41, 5.74) is 1.40. The number of rotatable bonds is 2. The molecular weight excluding hydrogens is 380 g/mol. The number of ketones is 1. The molecule has 0 bridgehead atoms. The molecule has 0 aromatic heterocycles. The summed E-state index contributed by atoms with van der Waals surface area (Å²) >= 11 is 6.97. The molecule has 0 aliphatic rings. The molecule has 0 fully saturated rings. The Kier molecular flexibility index (Phi) is 3.72. The summed E-state index contributed by atoms with van der Waals surface area (Å²) in [6.45, 7) is 0. The Labute approximate surface area is 133 Å². The van der Waals surface area contributed by atoms with Crippen LogP contribution in [0.5, 0.6) is 0 Å². The van der Waals surface area contributed by atoms with Crippen molar-refractivity contribution < 1.29 is 4.79 Å². The fourth-order valence-electron chi connectivity index (χ4n) is 2.25. The number of carbonyl (C=O) groups is 1. The molecule has 0 radical (unpaired) electrons. The van der Waals surface area contributed by atoms with E-state index in [-0.39, 0.29) is 5.78 Å². The lowest BCUT2D eigenvalue weighted by molar-refractivity contribution is 0.103. The number of carbonyl (C=O) groups excluding carboxylic acids is 1. The van der Waals surface area contributed by atoms with Crippen molar-refractivity contribution >= 4 is 48.4 Å². The lowest BCUT2D eigenvalue weighted by Gasteiger charge is -2.08. The second kappa shape index (κ2) is 5.51. The average Bonchev–Trinajstić information content (AvgIpc) is 2.48. The van der Waals surface area contributed by atoms with Crippen LogP contribution < -0.4 is 0 Å². The number of hydrogen-bond donors (Lipinski definition) is 0. The zero-order valence-corrected chi connectivity index (χ0v) is 13.6. The van der Waals surface area contributed by atoms with E-state index in [1.807, 2.05) is 60.7 Å². The van der Waals surface area contributed by atoms with Gasteiger partial charge in [-0.2, -0.15) is 0 Å². The van der Waals surface area contributed by atoms with Gasteiger partial charge in [0, 0.05) is 20.1 Å². The van der Waals surface area contributed by atoms with Gasteiger partial charge in [-0.3, -0.25) is 4.79 Å². The first-order chi connectivity index (χ1) is 9.68. The molecular formula is C17H10Br2O. The van der Waals surface area contributed by atoms with Crippen LogP contribution in [0.2, 0.25) is 0 Å². The Morgan fingerprint density at radius 1 is 0.650 bits per heavy atom. The summed E-state index contributed by atoms with van der Waals surface area (Å²) in [5.74, 6) is 0.0289. The standard InChI is InChI=1S/C17H10Br2O/c18-15-8-4-3-7-14(15)17(20)13-9-10-16(19)12-6-2-1-5-11(12)13/h1-10H. The molecule has 98 valence electrons. The summed E-state index contributed by atoms with van der Waals surface area (Å²) in [6, 6.07) is 19.2. The molecule has 0 unspecified atom stereocenters. The Morgan fingerprint density at radius 2 is 1.30 bits per heavy atom. The van der Waals surface area contributed by atoms with Crippen molar-refractivity contribution in [3.8, 4) is 0 Å². The van der Waals surface area contributed by atoms with Gasteiger partial charge in [0.05, 0.1) is 0 Å². The molecule has 3 aromatic rings. The Bertz CT molecular complexity index is 809. The molecule has 1 nitrogen and oxygen atoms in total. The minimum absolute atomic E-state index is 0.0289. The van der Waals surface area contributed by atoms with Crippen LogP contribution in [0.4, 0.5) is 0 Å². The van der Waals surface area contributed by atoms with Gasteiger partial charge >= 0.3 is 0 Å². The third-order valence-electron chi connectivity index (χ3n) is 3.23. The van der Waals surface area contributed by atoms with E-state index in [0.717, 1.165) is 25.3 Å². The second-order valence-corrected chi connectivity index (χ2v) is 6.16. The SMILES string of the molecule is O=C(c1ccccc1Br)c1ccc(Br)c2ccccc12. The largest absolute Gasteiger partial charge is 0.289 e. The molecule has 0 amide bonds. The maximum absolute atomic E-state index is 12.7. The average molecular weight is 390 g/mol. The Morgan fingerprint density at radius 3 is 2.05 bits per heavy atom. The van der Waals surface area contributed by atoms with Crippen LogP contribution in [0.15, 0.2) is 69.6 Å². The minimum Gasteiger partial charge on any atom is -0.289 e. The van der Waals surface area contributed by atoms with E-state index in [1.165, 1.54) is 0 Å². The molecule has 0 saturated carbocycles. The molecule has 0 heterocycles. The van der Waals surface area contributed by atoms with Gasteiger partial charge < -0.3 is 0 Å². The topological polar surface area (TPSA) is 17.1 Å². The Balaban J connectivity index is 2.23. The second-order valence-electron chi connectivity index (χ2n) is 4.45. The van der Waals surface area contributed by atoms with E-state index < -0.39 is 0 Å². The summed E-state index contributed by atoms with van der Waals surface area (Å²) in [7, 11) is 0. The van der Waals surface area contributed by atoms with E-state index in [0.29, 0.717) is 5.56 Å². The lowest BCUT2D eigenvalue weighted by Crippen LogP contribution is -2.03. The molecule has 0 aliphatic heterocycles. The molecule has 20 heavy (non-hydrogen) atoms. The molecule has 3 heteroatoms. The summed E-state index contributed by atoms with van der Waals surface area (Å²) < 4.78 is 1.81. The van der Waals surface area contributed by atoms with Gasteiger partial charge in [0.25, 0.3) is 0 Å². The Hall–Kier alpha value is -1.45. The molecule has 0 spiro atoms. The minimum atomic E-state index is 0.0289. The van der Waals surface area contributed by atoms with Crippen molar-refractivity contribution in [3.63, 3.8) is 0 Å². The zero-order valence-electron chi connectivity index (χ0n) is 10.4. The maximum atomic E-state index is 12.7. The predicted octanol–water partition coefficient (Wildman–Crippen LogP) is 5.60. The molecule has 3 rings (SSSR count). The van der Waals surface area contributed by atoms with Gasteiger partial charge in [0.15, 0.2) is 5.78 Å².